The summed E-state index contributed by atoms with van der Waals surface area (Å²) in [7, 11) is 0. The van der Waals surface area contributed by atoms with Gasteiger partial charge in [0.05, 0.1) is 10.5 Å². The van der Waals surface area contributed by atoms with Crippen molar-refractivity contribution in [2.24, 2.45) is 5.73 Å². The summed E-state index contributed by atoms with van der Waals surface area (Å²) in [6.07, 6.45) is -6.29. The summed E-state index contributed by atoms with van der Waals surface area (Å²) >= 11 is 3.09. The summed E-state index contributed by atoms with van der Waals surface area (Å²) in [6.45, 7) is 7.45. The van der Waals surface area contributed by atoms with Crippen LogP contribution in [-0.2, 0) is 10.9 Å². The van der Waals surface area contributed by atoms with Gasteiger partial charge in [-0.2, -0.15) is 13.2 Å². The molecule has 1 heterocycles. The highest BCUT2D eigenvalue weighted by molar-refractivity contribution is 9.10. The van der Waals surface area contributed by atoms with E-state index in [0.29, 0.717) is 6.07 Å². The molecule has 1 unspecified atom stereocenters. The molecule has 0 saturated heterocycles. The van der Waals surface area contributed by atoms with E-state index < -0.39 is 70.3 Å². The molecule has 2 N–H and O–H groups in total. The maximum absolute atomic E-state index is 14.9. The molecule has 1 aromatic heterocycles. The van der Waals surface area contributed by atoms with E-state index in [4.69, 9.17) is 24.4 Å². The monoisotopic (exact) mass is 745 g/mol. The minimum atomic E-state index is -4.59. The molecule has 1 amide bonds. The van der Waals surface area contributed by atoms with Crippen LogP contribution in [-0.4, -0.2) is 28.6 Å². The lowest BCUT2D eigenvalue weighted by Crippen LogP contribution is -2.21. The van der Waals surface area contributed by atoms with E-state index in [1.807, 2.05) is 13.8 Å². The SMILES string of the molecule is CC.CCC.NC(=O)c1c(F)ccc(OC(COC(=O)Oc2ccc([N+](=O)[O-])cc2)c2nc(-c3ccc(C(F)(F)F)cc3)c(Br)o2)c1F. The molecule has 11 nitrogen and oxygen atoms in total. The van der Waals surface area contributed by atoms with E-state index in [1.165, 1.54) is 6.42 Å². The van der Waals surface area contributed by atoms with Gasteiger partial charge in [0.1, 0.15) is 29.4 Å². The van der Waals surface area contributed by atoms with Crippen molar-refractivity contribution in [1.82, 2.24) is 4.98 Å². The summed E-state index contributed by atoms with van der Waals surface area (Å²) < 4.78 is 88.7. The maximum Gasteiger partial charge on any atom is 0.513 e. The molecule has 17 heteroatoms. The number of ether oxygens (including phenoxy) is 3. The van der Waals surface area contributed by atoms with Crippen LogP contribution in [0.2, 0.25) is 0 Å². The number of hydrogen-bond acceptors (Lipinski definition) is 9. The Hall–Kier alpha value is -5.06. The first kappa shape index (κ1) is 39.1. The lowest BCUT2D eigenvalue weighted by atomic mass is 10.1. The number of benzene rings is 3. The fourth-order valence-corrected chi connectivity index (χ4v) is 4.00. The van der Waals surface area contributed by atoms with Crippen molar-refractivity contribution in [3.8, 4) is 22.8 Å². The topological polar surface area (TPSA) is 157 Å². The molecule has 3 aromatic carbocycles. The first-order valence-electron chi connectivity index (χ1n) is 14.0. The van der Waals surface area contributed by atoms with Crippen molar-refractivity contribution in [3.05, 3.63) is 104 Å². The molecular formula is C31H29BrF5N3O8. The summed E-state index contributed by atoms with van der Waals surface area (Å²) in [6, 6.07) is 9.71. The molecule has 1 atom stereocenters. The van der Waals surface area contributed by atoms with Crippen LogP contribution in [0.25, 0.3) is 11.3 Å². The van der Waals surface area contributed by atoms with Crippen LogP contribution in [0.4, 0.5) is 32.4 Å². The van der Waals surface area contributed by atoms with Crippen LogP contribution < -0.4 is 15.2 Å². The van der Waals surface area contributed by atoms with Crippen LogP contribution in [0, 0.1) is 21.7 Å². The van der Waals surface area contributed by atoms with Gasteiger partial charge in [-0.05, 0) is 52.3 Å². The number of amides is 1. The van der Waals surface area contributed by atoms with Crippen LogP contribution in [0.15, 0.2) is 69.8 Å². The van der Waals surface area contributed by atoms with Gasteiger partial charge < -0.3 is 24.4 Å². The maximum atomic E-state index is 14.9. The highest BCUT2D eigenvalue weighted by Gasteiger charge is 2.31. The smallest absolute Gasteiger partial charge is 0.474 e. The Kier molecular flexibility index (Phi) is 14.5. The molecule has 0 spiro atoms. The molecule has 0 radical (unpaired) electrons. The third-order valence-corrected chi connectivity index (χ3v) is 6.07. The summed E-state index contributed by atoms with van der Waals surface area (Å²) in [4.78, 5) is 38.1. The fourth-order valence-electron chi connectivity index (χ4n) is 3.51. The zero-order chi connectivity index (χ0) is 36.2. The molecule has 0 aliphatic heterocycles. The Bertz CT molecular complexity index is 1700. The number of hydrogen-bond donors (Lipinski definition) is 1. The van der Waals surface area contributed by atoms with Crippen LogP contribution in [0.3, 0.4) is 0 Å². The third-order valence-electron chi connectivity index (χ3n) is 5.54. The number of non-ortho nitro benzene ring substituents is 1. The lowest BCUT2D eigenvalue weighted by molar-refractivity contribution is -0.384. The second-order valence-corrected chi connectivity index (χ2v) is 9.80. The number of nitro benzene ring substituents is 1. The van der Waals surface area contributed by atoms with Crippen LogP contribution in [0.1, 0.15) is 62.0 Å². The first-order chi connectivity index (χ1) is 22.7. The quantitative estimate of drug-likeness (QED) is 0.0580. The zero-order valence-corrected chi connectivity index (χ0v) is 27.4. The van der Waals surface area contributed by atoms with E-state index in [0.717, 1.165) is 54.6 Å². The number of alkyl halides is 3. The molecule has 4 aromatic rings. The lowest BCUT2D eigenvalue weighted by Gasteiger charge is -2.17. The van der Waals surface area contributed by atoms with Crippen molar-refractivity contribution in [2.75, 3.05) is 6.61 Å². The number of rotatable bonds is 9. The second kappa shape index (κ2) is 17.7. The highest BCUT2D eigenvalue weighted by Crippen LogP contribution is 2.36. The standard InChI is InChI=1S/C26H15BrF5N3O8.C3H8.C2H6/c27-22-21(12-1-3-13(4-2-12)26(30,31)32)34-24(43-22)18(42-17-10-9-16(28)19(20(17)29)23(33)36)11-40-25(37)41-15-7-5-14(6-8-15)35(38)39;1-3-2;1-2/h1-10,18H,11H2,(H2,33,36);3H2,1-2H3;1-2H3. The largest absolute Gasteiger partial charge is 0.513 e. The number of primary amides is 1. The Morgan fingerprint density at radius 1 is 1.02 bits per heavy atom. The molecule has 0 aliphatic rings. The molecule has 4 rings (SSSR count). The van der Waals surface area contributed by atoms with E-state index in [2.05, 4.69) is 34.8 Å². The number of nitrogens with zero attached hydrogens (tertiary/aromatic N) is 2. The zero-order valence-electron chi connectivity index (χ0n) is 25.8. The Morgan fingerprint density at radius 3 is 2.12 bits per heavy atom. The first-order valence-corrected chi connectivity index (χ1v) is 14.8. The molecule has 48 heavy (non-hydrogen) atoms. The number of carbonyl (C=O) groups is 2. The Labute approximate surface area is 279 Å². The molecule has 0 saturated carbocycles. The van der Waals surface area contributed by atoms with Gasteiger partial charge in [0.25, 0.3) is 11.6 Å². The number of nitrogens with two attached hydrogens (primary N) is 1. The fraction of sp³-hybridized carbons (Fsp3) is 0.258. The van der Waals surface area contributed by atoms with Gasteiger partial charge in [-0.1, -0.05) is 46.2 Å². The van der Waals surface area contributed by atoms with Crippen LogP contribution >= 0.6 is 15.9 Å². The highest BCUT2D eigenvalue weighted by atomic mass is 79.9. The Balaban J connectivity index is 0.00000151. The van der Waals surface area contributed by atoms with Crippen molar-refractivity contribution in [2.45, 2.75) is 46.4 Å². The molecule has 0 fully saturated rings. The average molecular weight is 746 g/mol. The molecule has 258 valence electrons. The molecular weight excluding hydrogens is 717 g/mol. The molecule has 0 aliphatic carbocycles. The van der Waals surface area contributed by atoms with Gasteiger partial charge >= 0.3 is 12.3 Å². The summed E-state index contributed by atoms with van der Waals surface area (Å²) in [5, 5.41) is 10.8. The van der Waals surface area contributed by atoms with Gasteiger partial charge in [-0.25, -0.2) is 18.6 Å². The second-order valence-electron chi connectivity index (χ2n) is 9.08. The average Bonchev–Trinajstić information content (AvgIpc) is 3.42. The van der Waals surface area contributed by atoms with Crippen LogP contribution in [0.5, 0.6) is 11.5 Å². The van der Waals surface area contributed by atoms with Crippen molar-refractivity contribution in [3.63, 3.8) is 0 Å². The van der Waals surface area contributed by atoms with Gasteiger partial charge in [0, 0.05) is 17.7 Å². The van der Waals surface area contributed by atoms with E-state index in [9.17, 15) is 41.7 Å². The van der Waals surface area contributed by atoms with Crippen molar-refractivity contribution in [1.29, 1.82) is 0 Å². The summed E-state index contributed by atoms with van der Waals surface area (Å²) in [5.41, 5.74) is 2.88. The number of oxazole rings is 1. The third kappa shape index (κ3) is 10.5. The number of carbonyl (C=O) groups excluding carboxylic acids is 2. The molecule has 0 bridgehead atoms. The van der Waals surface area contributed by atoms with Crippen molar-refractivity contribution < 1.29 is 55.1 Å². The number of halogens is 6. The van der Waals surface area contributed by atoms with E-state index in [1.54, 1.807) is 0 Å². The van der Waals surface area contributed by atoms with Gasteiger partial charge in [0.15, 0.2) is 16.2 Å². The van der Waals surface area contributed by atoms with E-state index >= 15 is 0 Å². The van der Waals surface area contributed by atoms with Crippen molar-refractivity contribution >= 4 is 33.7 Å². The Morgan fingerprint density at radius 2 is 1.60 bits per heavy atom. The van der Waals surface area contributed by atoms with E-state index in [-0.39, 0.29) is 27.4 Å². The predicted octanol–water partition coefficient (Wildman–Crippen LogP) is 9.19. The predicted molar refractivity (Wildman–Crippen MR) is 165 cm³/mol. The minimum absolute atomic E-state index is 0.0109. The van der Waals surface area contributed by atoms with Gasteiger partial charge in [0.2, 0.25) is 12.0 Å². The normalized spacial score (nSPS) is 11.2. The number of nitro groups is 1. The summed E-state index contributed by atoms with van der Waals surface area (Å²) in [5.74, 6) is -5.46. The minimum Gasteiger partial charge on any atom is -0.474 e. The van der Waals surface area contributed by atoms with Gasteiger partial charge in [-0.15, -0.1) is 0 Å². The number of aromatic nitrogens is 1. The van der Waals surface area contributed by atoms with Gasteiger partial charge in [-0.3, -0.25) is 14.9 Å².